The van der Waals surface area contributed by atoms with Gasteiger partial charge in [-0.05, 0) is 18.6 Å². The van der Waals surface area contributed by atoms with E-state index in [-0.39, 0.29) is 5.95 Å². The van der Waals surface area contributed by atoms with Crippen LogP contribution in [0.2, 0.25) is 0 Å². The van der Waals surface area contributed by atoms with Crippen LogP contribution >= 0.6 is 0 Å². The molecule has 12 heavy (non-hydrogen) atoms. The Balaban J connectivity index is 3.68. The molecule has 0 saturated carbocycles. The molecule has 0 aliphatic heterocycles. The summed E-state index contributed by atoms with van der Waals surface area (Å²) in [6.07, 6.45) is 8.20. The second-order valence-corrected chi connectivity index (χ2v) is 1.99. The zero-order valence-corrected chi connectivity index (χ0v) is 7.13. The highest BCUT2D eigenvalue weighted by atomic mass is 19.1. The topological polar surface area (TPSA) is 24.4 Å². The summed E-state index contributed by atoms with van der Waals surface area (Å²) in [5.41, 5.74) is 0. The van der Waals surface area contributed by atoms with Crippen LogP contribution in [0.1, 0.15) is 6.42 Å². The Hall–Kier alpha value is -1.38. The maximum absolute atomic E-state index is 12.6. The van der Waals surface area contributed by atoms with Crippen LogP contribution in [0, 0.1) is 0 Å². The predicted octanol–water partition coefficient (Wildman–Crippen LogP) is 2.18. The Morgan fingerprint density at radius 3 is 3.00 bits per heavy atom. The average molecular weight is 168 g/mol. The molecule has 2 nitrogen and oxygen atoms in total. The molecular weight excluding hydrogens is 155 g/mol. The number of nitrogens with one attached hydrogen (secondary N) is 1. The lowest BCUT2D eigenvalue weighted by Crippen LogP contribution is -1.98. The third kappa shape index (κ3) is 6.74. The number of allylic oxidation sites excluding steroid dienone is 3. The van der Waals surface area contributed by atoms with E-state index < -0.39 is 0 Å². The number of halogens is 1. The maximum Gasteiger partial charge on any atom is 0.187 e. The Morgan fingerprint density at radius 1 is 1.67 bits per heavy atom. The van der Waals surface area contributed by atoms with Gasteiger partial charge < -0.3 is 5.32 Å². The molecule has 0 rings (SSSR count). The fourth-order valence-corrected chi connectivity index (χ4v) is 0.503. The van der Waals surface area contributed by atoms with Crippen molar-refractivity contribution in [2.75, 3.05) is 7.05 Å². The summed E-state index contributed by atoms with van der Waals surface area (Å²) in [4.78, 5) is 3.68. The standard InChI is InChI=1S/C9H13FN2/c1-3-4-6-9(10)12-8-5-7-11-2/h3,5-8,12H,1,4H2,2H3/b8-5-,9-6-,11-7-. The van der Waals surface area contributed by atoms with Crippen LogP contribution in [0.4, 0.5) is 4.39 Å². The minimum Gasteiger partial charge on any atom is -0.339 e. The number of aliphatic imine (C=N–C) groups is 1. The van der Waals surface area contributed by atoms with E-state index >= 15 is 0 Å². The van der Waals surface area contributed by atoms with Gasteiger partial charge in [-0.2, -0.15) is 4.39 Å². The molecule has 0 bridgehead atoms. The lowest BCUT2D eigenvalue weighted by molar-refractivity contribution is 0.582. The van der Waals surface area contributed by atoms with Gasteiger partial charge in [0, 0.05) is 19.5 Å². The first-order chi connectivity index (χ1) is 5.81. The van der Waals surface area contributed by atoms with Crippen molar-refractivity contribution in [1.82, 2.24) is 5.32 Å². The van der Waals surface area contributed by atoms with E-state index in [1.54, 1.807) is 25.4 Å². The minimum absolute atomic E-state index is 0.379. The van der Waals surface area contributed by atoms with E-state index in [4.69, 9.17) is 0 Å². The summed E-state index contributed by atoms with van der Waals surface area (Å²) in [6.45, 7) is 3.46. The highest BCUT2D eigenvalue weighted by molar-refractivity contribution is 5.70. The van der Waals surface area contributed by atoms with E-state index in [1.165, 1.54) is 12.3 Å². The Morgan fingerprint density at radius 2 is 2.42 bits per heavy atom. The van der Waals surface area contributed by atoms with E-state index in [1.807, 2.05) is 0 Å². The van der Waals surface area contributed by atoms with Crippen LogP contribution in [0.5, 0.6) is 0 Å². The van der Waals surface area contributed by atoms with Crippen molar-refractivity contribution < 1.29 is 4.39 Å². The van der Waals surface area contributed by atoms with Gasteiger partial charge in [0.1, 0.15) is 0 Å². The normalized spacial score (nSPS) is 12.7. The molecule has 0 atom stereocenters. The number of hydrogen-bond donors (Lipinski definition) is 1. The van der Waals surface area contributed by atoms with Crippen molar-refractivity contribution in [3.63, 3.8) is 0 Å². The van der Waals surface area contributed by atoms with Crippen molar-refractivity contribution in [3.05, 3.63) is 37.0 Å². The van der Waals surface area contributed by atoms with Crippen LogP contribution in [-0.2, 0) is 0 Å². The first kappa shape index (κ1) is 10.6. The highest BCUT2D eigenvalue weighted by Gasteiger charge is 1.84. The van der Waals surface area contributed by atoms with Crippen molar-refractivity contribution in [1.29, 1.82) is 0 Å². The molecular formula is C9H13FN2. The fourth-order valence-electron chi connectivity index (χ4n) is 0.503. The number of nitrogens with zero attached hydrogens (tertiary/aromatic N) is 1. The van der Waals surface area contributed by atoms with E-state index in [0.717, 1.165) is 0 Å². The molecule has 0 heterocycles. The molecule has 3 heteroatoms. The van der Waals surface area contributed by atoms with Gasteiger partial charge in [0.2, 0.25) is 0 Å². The number of hydrogen-bond acceptors (Lipinski definition) is 2. The zero-order valence-electron chi connectivity index (χ0n) is 7.13. The number of rotatable bonds is 5. The minimum atomic E-state index is -0.379. The van der Waals surface area contributed by atoms with Gasteiger partial charge in [0.05, 0.1) is 0 Å². The summed E-state index contributed by atoms with van der Waals surface area (Å²) in [5, 5.41) is 2.43. The van der Waals surface area contributed by atoms with E-state index in [2.05, 4.69) is 16.9 Å². The second-order valence-electron chi connectivity index (χ2n) is 1.99. The van der Waals surface area contributed by atoms with Crippen LogP contribution in [0.25, 0.3) is 0 Å². The molecule has 0 aliphatic rings. The Labute approximate surface area is 72.2 Å². The summed E-state index contributed by atoms with van der Waals surface area (Å²) < 4.78 is 12.6. The summed E-state index contributed by atoms with van der Waals surface area (Å²) >= 11 is 0. The summed E-state index contributed by atoms with van der Waals surface area (Å²) in [6, 6.07) is 0. The largest absolute Gasteiger partial charge is 0.339 e. The molecule has 0 radical (unpaired) electrons. The molecule has 0 amide bonds. The van der Waals surface area contributed by atoms with Crippen molar-refractivity contribution >= 4 is 6.21 Å². The molecule has 0 aliphatic carbocycles. The molecule has 0 fully saturated rings. The van der Waals surface area contributed by atoms with Gasteiger partial charge in [-0.3, -0.25) is 4.99 Å². The molecule has 1 N–H and O–H groups in total. The summed E-state index contributed by atoms with van der Waals surface area (Å²) in [7, 11) is 1.65. The molecule has 0 aromatic rings. The second kappa shape index (κ2) is 7.72. The van der Waals surface area contributed by atoms with Crippen molar-refractivity contribution in [2.24, 2.45) is 4.99 Å². The lowest BCUT2D eigenvalue weighted by atomic mass is 10.4. The fraction of sp³-hybridized carbons (Fsp3) is 0.222. The van der Waals surface area contributed by atoms with Gasteiger partial charge in [0.15, 0.2) is 5.95 Å². The molecule has 0 aromatic carbocycles. The zero-order chi connectivity index (χ0) is 9.23. The van der Waals surface area contributed by atoms with Gasteiger partial charge in [-0.15, -0.1) is 6.58 Å². The first-order valence-electron chi connectivity index (χ1n) is 3.61. The third-order valence-corrected chi connectivity index (χ3v) is 1.02. The maximum atomic E-state index is 12.6. The van der Waals surface area contributed by atoms with Crippen LogP contribution in [0.3, 0.4) is 0 Å². The molecule has 0 saturated heterocycles. The molecule has 66 valence electrons. The Bertz CT molecular complexity index is 205. The molecule has 0 unspecified atom stereocenters. The molecule has 0 spiro atoms. The first-order valence-corrected chi connectivity index (χ1v) is 3.61. The van der Waals surface area contributed by atoms with Gasteiger partial charge in [-0.1, -0.05) is 6.08 Å². The van der Waals surface area contributed by atoms with Crippen molar-refractivity contribution in [3.8, 4) is 0 Å². The van der Waals surface area contributed by atoms with Gasteiger partial charge in [-0.25, -0.2) is 0 Å². The monoisotopic (exact) mass is 168 g/mol. The van der Waals surface area contributed by atoms with Gasteiger partial charge >= 0.3 is 0 Å². The Kier molecular flexibility index (Phi) is 6.84. The van der Waals surface area contributed by atoms with Crippen LogP contribution in [-0.4, -0.2) is 13.3 Å². The highest BCUT2D eigenvalue weighted by Crippen LogP contribution is 1.93. The van der Waals surface area contributed by atoms with Crippen molar-refractivity contribution in [2.45, 2.75) is 6.42 Å². The smallest absolute Gasteiger partial charge is 0.187 e. The lowest BCUT2D eigenvalue weighted by Gasteiger charge is -1.92. The quantitative estimate of drug-likeness (QED) is 0.380. The SMILES string of the molecule is C=CC/C=C(/F)N/C=C\C=N/C. The van der Waals surface area contributed by atoms with Gasteiger partial charge in [0.25, 0.3) is 0 Å². The average Bonchev–Trinajstić information content (AvgIpc) is 2.09. The van der Waals surface area contributed by atoms with Crippen LogP contribution in [0.15, 0.2) is 42.0 Å². The summed E-state index contributed by atoms with van der Waals surface area (Å²) in [5.74, 6) is -0.379. The van der Waals surface area contributed by atoms with E-state index in [0.29, 0.717) is 6.42 Å². The predicted molar refractivity (Wildman–Crippen MR) is 50.7 cm³/mol. The van der Waals surface area contributed by atoms with E-state index in [9.17, 15) is 4.39 Å². The van der Waals surface area contributed by atoms with Crippen LogP contribution < -0.4 is 5.32 Å². The molecule has 0 aromatic heterocycles. The third-order valence-electron chi connectivity index (χ3n) is 1.02.